The van der Waals surface area contributed by atoms with Crippen molar-refractivity contribution in [2.45, 2.75) is 12.8 Å². The maximum absolute atomic E-state index is 12.4. The molecule has 1 aliphatic heterocycles. The predicted molar refractivity (Wildman–Crippen MR) is 103 cm³/mol. The molecule has 1 aromatic heterocycles. The molecule has 0 spiro atoms. The number of imide groups is 1. The molecule has 0 atom stereocenters. The van der Waals surface area contributed by atoms with Crippen LogP contribution in [-0.4, -0.2) is 42.2 Å². The number of rotatable bonds is 6. The summed E-state index contributed by atoms with van der Waals surface area (Å²) in [7, 11) is 1.27. The molecule has 0 radical (unpaired) electrons. The second-order valence-corrected chi connectivity index (χ2v) is 7.59. The average Bonchev–Trinajstić information content (AvgIpc) is 3.19. The molecule has 27 heavy (non-hydrogen) atoms. The maximum Gasteiger partial charge on any atom is 0.350 e. The highest BCUT2D eigenvalue weighted by atomic mass is 79.9. The van der Waals surface area contributed by atoms with E-state index in [1.807, 2.05) is 0 Å². The topological polar surface area (TPSA) is 92.8 Å². The van der Waals surface area contributed by atoms with Crippen LogP contribution in [0.4, 0.5) is 5.69 Å². The minimum Gasteiger partial charge on any atom is -0.465 e. The summed E-state index contributed by atoms with van der Waals surface area (Å²) in [4.78, 5) is 49.9. The molecule has 0 saturated carbocycles. The van der Waals surface area contributed by atoms with Gasteiger partial charge in [-0.2, -0.15) is 0 Å². The van der Waals surface area contributed by atoms with Crippen molar-refractivity contribution >= 4 is 56.6 Å². The van der Waals surface area contributed by atoms with Gasteiger partial charge in [-0.15, -0.1) is 11.3 Å². The molecule has 0 saturated heterocycles. The largest absolute Gasteiger partial charge is 0.465 e. The van der Waals surface area contributed by atoms with Crippen LogP contribution < -0.4 is 5.32 Å². The number of carbonyl (C=O) groups excluding carboxylic acids is 4. The number of esters is 1. The molecule has 1 N–H and O–H groups in total. The molecule has 0 bridgehead atoms. The van der Waals surface area contributed by atoms with Gasteiger partial charge in [0, 0.05) is 17.4 Å². The van der Waals surface area contributed by atoms with E-state index in [0.29, 0.717) is 28.1 Å². The Kier molecular flexibility index (Phi) is 5.71. The van der Waals surface area contributed by atoms with E-state index in [1.165, 1.54) is 18.4 Å². The molecule has 0 aliphatic carbocycles. The van der Waals surface area contributed by atoms with E-state index in [2.05, 4.69) is 26.0 Å². The number of benzene rings is 1. The number of ether oxygens (including phenoxy) is 1. The number of fused-ring (bicyclic) bond motifs is 1. The van der Waals surface area contributed by atoms with Crippen molar-refractivity contribution < 1.29 is 23.9 Å². The van der Waals surface area contributed by atoms with Gasteiger partial charge in [-0.3, -0.25) is 19.3 Å². The van der Waals surface area contributed by atoms with E-state index >= 15 is 0 Å². The van der Waals surface area contributed by atoms with Gasteiger partial charge in [0.1, 0.15) is 4.88 Å². The summed E-state index contributed by atoms with van der Waals surface area (Å²) in [5.74, 6) is -1.54. The number of anilines is 1. The number of methoxy groups -OCH3 is 1. The van der Waals surface area contributed by atoms with E-state index in [4.69, 9.17) is 0 Å². The maximum atomic E-state index is 12.4. The molecule has 7 nitrogen and oxygen atoms in total. The molecule has 1 aromatic carbocycles. The Hall–Kier alpha value is -2.52. The number of carbonyl (C=O) groups is 4. The number of hydrogen-bond donors (Lipinski definition) is 1. The summed E-state index contributed by atoms with van der Waals surface area (Å²) in [5, 5.41) is 4.33. The predicted octanol–water partition coefficient (Wildman–Crippen LogP) is 3.31. The van der Waals surface area contributed by atoms with Crippen molar-refractivity contribution in [3.8, 4) is 0 Å². The zero-order chi connectivity index (χ0) is 19.6. The third kappa shape index (κ3) is 3.93. The smallest absolute Gasteiger partial charge is 0.350 e. The first-order chi connectivity index (χ1) is 12.9. The van der Waals surface area contributed by atoms with Crippen LogP contribution in [0, 0.1) is 0 Å². The number of hydrogen-bond acceptors (Lipinski definition) is 6. The molecule has 1 aliphatic rings. The molecule has 9 heteroatoms. The summed E-state index contributed by atoms with van der Waals surface area (Å²) in [6, 6.07) is 6.56. The lowest BCUT2D eigenvalue weighted by Gasteiger charge is -2.13. The van der Waals surface area contributed by atoms with Crippen LogP contribution in [0.3, 0.4) is 0 Å². The number of nitrogens with one attached hydrogen (secondary N) is 1. The second kappa shape index (κ2) is 8.01. The van der Waals surface area contributed by atoms with Crippen LogP contribution in [0.15, 0.2) is 34.1 Å². The van der Waals surface area contributed by atoms with E-state index in [9.17, 15) is 19.2 Å². The fourth-order valence-electron chi connectivity index (χ4n) is 2.73. The highest BCUT2D eigenvalue weighted by molar-refractivity contribution is 9.10. The molecule has 2 aromatic rings. The average molecular weight is 451 g/mol. The van der Waals surface area contributed by atoms with E-state index in [1.54, 1.807) is 29.6 Å². The Morgan fingerprint density at radius 3 is 2.67 bits per heavy atom. The SMILES string of the molecule is COC(=O)c1sccc1NC(=O)CCCN1C(=O)c2ccc(Br)cc2C1=O. The van der Waals surface area contributed by atoms with Crippen LogP contribution in [0.1, 0.15) is 43.2 Å². The molecule has 2 heterocycles. The Balaban J connectivity index is 1.56. The van der Waals surface area contributed by atoms with Crippen LogP contribution in [0.2, 0.25) is 0 Å². The fraction of sp³-hybridized carbons (Fsp3) is 0.222. The third-order valence-corrected chi connectivity index (χ3v) is 5.42. The van der Waals surface area contributed by atoms with Gasteiger partial charge in [-0.25, -0.2) is 4.79 Å². The first-order valence-corrected chi connectivity index (χ1v) is 9.71. The summed E-state index contributed by atoms with van der Waals surface area (Å²) in [6.45, 7) is 0.144. The molecular formula is C18H15BrN2O5S. The zero-order valence-corrected chi connectivity index (χ0v) is 16.7. The van der Waals surface area contributed by atoms with Gasteiger partial charge in [-0.1, -0.05) is 15.9 Å². The highest BCUT2D eigenvalue weighted by Crippen LogP contribution is 2.26. The Morgan fingerprint density at radius 2 is 1.93 bits per heavy atom. The van der Waals surface area contributed by atoms with Crippen molar-refractivity contribution in [3.05, 3.63) is 50.1 Å². The number of halogens is 1. The van der Waals surface area contributed by atoms with Gasteiger partial charge in [0.25, 0.3) is 11.8 Å². The van der Waals surface area contributed by atoms with Gasteiger partial charge in [0.15, 0.2) is 0 Å². The van der Waals surface area contributed by atoms with E-state index in [-0.39, 0.29) is 30.7 Å². The molecule has 0 fully saturated rings. The first kappa shape index (κ1) is 19.2. The molecule has 3 rings (SSSR count). The standard InChI is InChI=1S/C18H15BrN2O5S/c1-26-18(25)15-13(6-8-27-15)20-14(22)3-2-7-21-16(23)11-5-4-10(19)9-12(11)17(21)24/h4-6,8-9H,2-3,7H2,1H3,(H,20,22). The lowest BCUT2D eigenvalue weighted by molar-refractivity contribution is -0.116. The minimum absolute atomic E-state index is 0.105. The van der Waals surface area contributed by atoms with Crippen LogP contribution in [0.25, 0.3) is 0 Å². The third-order valence-electron chi connectivity index (χ3n) is 4.03. The Morgan fingerprint density at radius 1 is 1.19 bits per heavy atom. The van der Waals surface area contributed by atoms with Gasteiger partial charge in [0.2, 0.25) is 5.91 Å². The summed E-state index contributed by atoms with van der Waals surface area (Å²) >= 11 is 4.46. The van der Waals surface area contributed by atoms with Gasteiger partial charge in [-0.05, 0) is 36.1 Å². The van der Waals surface area contributed by atoms with Crippen LogP contribution >= 0.6 is 27.3 Å². The normalized spacial score (nSPS) is 12.9. The van der Waals surface area contributed by atoms with Crippen molar-refractivity contribution in [2.75, 3.05) is 19.0 Å². The van der Waals surface area contributed by atoms with E-state index in [0.717, 1.165) is 9.37 Å². The fourth-order valence-corrected chi connectivity index (χ4v) is 3.86. The molecule has 140 valence electrons. The van der Waals surface area contributed by atoms with Gasteiger partial charge < -0.3 is 10.1 Å². The minimum atomic E-state index is -0.516. The second-order valence-electron chi connectivity index (χ2n) is 5.76. The first-order valence-electron chi connectivity index (χ1n) is 8.03. The monoisotopic (exact) mass is 450 g/mol. The lowest BCUT2D eigenvalue weighted by Crippen LogP contribution is -2.31. The van der Waals surface area contributed by atoms with Gasteiger partial charge >= 0.3 is 5.97 Å². The number of nitrogens with zero attached hydrogens (tertiary/aromatic N) is 1. The Labute approximate surface area is 167 Å². The lowest BCUT2D eigenvalue weighted by atomic mass is 10.1. The van der Waals surface area contributed by atoms with Gasteiger partial charge in [0.05, 0.1) is 23.9 Å². The van der Waals surface area contributed by atoms with Crippen molar-refractivity contribution in [3.63, 3.8) is 0 Å². The van der Waals surface area contributed by atoms with E-state index < -0.39 is 5.97 Å². The molecular weight excluding hydrogens is 436 g/mol. The van der Waals surface area contributed by atoms with Crippen molar-refractivity contribution in [2.24, 2.45) is 0 Å². The highest BCUT2D eigenvalue weighted by Gasteiger charge is 2.35. The summed E-state index contributed by atoms with van der Waals surface area (Å²) < 4.78 is 5.39. The summed E-state index contributed by atoms with van der Waals surface area (Å²) in [5.41, 5.74) is 1.12. The number of amides is 3. The van der Waals surface area contributed by atoms with Crippen molar-refractivity contribution in [1.29, 1.82) is 0 Å². The number of thiophene rings is 1. The molecule has 0 unspecified atom stereocenters. The summed E-state index contributed by atoms with van der Waals surface area (Å²) in [6.07, 6.45) is 0.420. The molecule has 3 amide bonds. The quantitative estimate of drug-likeness (QED) is 0.538. The Bertz CT molecular complexity index is 940. The van der Waals surface area contributed by atoms with Crippen LogP contribution in [0.5, 0.6) is 0 Å². The van der Waals surface area contributed by atoms with Crippen LogP contribution in [-0.2, 0) is 9.53 Å². The van der Waals surface area contributed by atoms with Crippen molar-refractivity contribution in [1.82, 2.24) is 4.90 Å². The zero-order valence-electron chi connectivity index (χ0n) is 14.3.